The molecule has 2 aromatic carbocycles. The molecule has 0 spiro atoms. The Labute approximate surface area is 202 Å². The van der Waals surface area contributed by atoms with Gasteiger partial charge < -0.3 is 15.8 Å². The lowest BCUT2D eigenvalue weighted by Crippen LogP contribution is -2.27. The second-order valence-electron chi connectivity index (χ2n) is 8.78. The third-order valence-corrected chi connectivity index (χ3v) is 6.36. The van der Waals surface area contributed by atoms with E-state index in [1.54, 1.807) is 36.4 Å². The number of nitrogens with one attached hydrogen (secondary N) is 1. The zero-order chi connectivity index (χ0) is 25.2. The van der Waals surface area contributed by atoms with Gasteiger partial charge in [0.2, 0.25) is 5.92 Å². The number of nitrogens with zero attached hydrogens (tertiary/aromatic N) is 2. The molecule has 1 saturated carbocycles. The highest BCUT2D eigenvalue weighted by Crippen LogP contribution is 2.40. The van der Waals surface area contributed by atoms with Gasteiger partial charge in [-0.1, -0.05) is 36.4 Å². The minimum absolute atomic E-state index is 0.205. The van der Waals surface area contributed by atoms with E-state index in [4.69, 9.17) is 10.5 Å². The summed E-state index contributed by atoms with van der Waals surface area (Å²) >= 11 is 0. The van der Waals surface area contributed by atoms with Crippen LogP contribution in [0.1, 0.15) is 64.9 Å². The van der Waals surface area contributed by atoms with Gasteiger partial charge in [0.05, 0.1) is 24.3 Å². The maximum absolute atomic E-state index is 13.6. The topological polar surface area (TPSA) is 99.2 Å². The van der Waals surface area contributed by atoms with Gasteiger partial charge in [-0.3, -0.25) is 9.59 Å². The average Bonchev–Trinajstić information content (AvgIpc) is 3.20. The first-order chi connectivity index (χ1) is 16.7. The summed E-state index contributed by atoms with van der Waals surface area (Å²) in [6.45, 7) is 1.71. The lowest BCUT2D eigenvalue weighted by molar-refractivity contribution is -0.0447. The molecule has 1 fully saturated rings. The first kappa shape index (κ1) is 24.4. The first-order valence-corrected chi connectivity index (χ1v) is 11.5. The molecule has 7 nitrogen and oxygen atoms in total. The Balaban J connectivity index is 1.51. The highest BCUT2D eigenvalue weighted by atomic mass is 19.3. The normalized spacial score (nSPS) is 15.5. The van der Waals surface area contributed by atoms with Gasteiger partial charge in [-0.15, -0.1) is 0 Å². The largest absolute Gasteiger partial charge is 0.496 e. The Hall–Kier alpha value is -3.75. The summed E-state index contributed by atoms with van der Waals surface area (Å²) in [6.07, 6.45) is 0.0506. The summed E-state index contributed by atoms with van der Waals surface area (Å²) in [5.74, 6) is -2.46. The molecule has 0 unspecified atom stereocenters. The fourth-order valence-electron chi connectivity index (χ4n) is 4.43. The zero-order valence-corrected chi connectivity index (χ0v) is 19.7. The van der Waals surface area contributed by atoms with Crippen LogP contribution in [0.15, 0.2) is 48.5 Å². The van der Waals surface area contributed by atoms with Gasteiger partial charge in [0, 0.05) is 24.9 Å². The van der Waals surface area contributed by atoms with Crippen LogP contribution in [0.5, 0.6) is 5.75 Å². The van der Waals surface area contributed by atoms with E-state index in [2.05, 4.69) is 10.4 Å². The van der Waals surface area contributed by atoms with Gasteiger partial charge in [0.1, 0.15) is 17.3 Å². The number of ketones is 1. The van der Waals surface area contributed by atoms with Crippen LogP contribution in [-0.4, -0.2) is 34.5 Å². The number of hydrogen-bond donors (Lipinski definition) is 2. The van der Waals surface area contributed by atoms with Gasteiger partial charge in [-0.05, 0) is 37.5 Å². The van der Waals surface area contributed by atoms with Crippen LogP contribution >= 0.6 is 0 Å². The van der Waals surface area contributed by atoms with E-state index in [-0.39, 0.29) is 49.2 Å². The van der Waals surface area contributed by atoms with E-state index in [9.17, 15) is 18.4 Å². The van der Waals surface area contributed by atoms with Crippen molar-refractivity contribution in [2.45, 2.75) is 51.1 Å². The number of rotatable bonds is 7. The summed E-state index contributed by atoms with van der Waals surface area (Å²) in [4.78, 5) is 24.9. The second-order valence-corrected chi connectivity index (χ2v) is 8.78. The summed E-state index contributed by atoms with van der Waals surface area (Å²) in [5.41, 5.74) is 8.96. The quantitative estimate of drug-likeness (QED) is 0.461. The lowest BCUT2D eigenvalue weighted by atomic mass is 9.92. The van der Waals surface area contributed by atoms with Gasteiger partial charge >= 0.3 is 0 Å². The molecule has 0 saturated heterocycles. The second kappa shape index (κ2) is 9.85. The molecule has 0 aliphatic heterocycles. The van der Waals surface area contributed by atoms with E-state index < -0.39 is 5.92 Å². The smallest absolute Gasteiger partial charge is 0.255 e. The summed E-state index contributed by atoms with van der Waals surface area (Å²) < 4.78 is 34.0. The predicted octanol–water partition coefficient (Wildman–Crippen LogP) is 5.02. The predicted molar refractivity (Wildman–Crippen MR) is 129 cm³/mol. The van der Waals surface area contributed by atoms with Crippen molar-refractivity contribution in [3.8, 4) is 17.0 Å². The van der Waals surface area contributed by atoms with Gasteiger partial charge in [-0.25, -0.2) is 13.5 Å². The molecular weight excluding hydrogens is 454 g/mol. The third kappa shape index (κ3) is 5.18. The molecule has 184 valence electrons. The minimum Gasteiger partial charge on any atom is -0.496 e. The number of benzene rings is 2. The molecule has 1 aromatic heterocycles. The van der Waals surface area contributed by atoms with Crippen LogP contribution in [-0.2, 0) is 6.54 Å². The standard InChI is InChI=1S/C26H28F2N4O3/c1-16(33)22-23(31-32(24(22)29)19-11-13-26(27,28)14-12-19)18-9-7-17(8-10-18)15-30-25(34)20-5-3-4-6-21(20)35-2/h3-10,19H,11-15,29H2,1-2H3,(H,30,34). The number of nitrogens with two attached hydrogens (primary N) is 1. The molecule has 0 radical (unpaired) electrons. The van der Waals surface area contributed by atoms with Crippen LogP contribution in [0.2, 0.25) is 0 Å². The number of carbonyl (C=O) groups is 2. The molecule has 1 amide bonds. The van der Waals surface area contributed by atoms with Crippen molar-refractivity contribution in [3.63, 3.8) is 0 Å². The van der Waals surface area contributed by atoms with Gasteiger partial charge in [-0.2, -0.15) is 5.10 Å². The highest BCUT2D eigenvalue weighted by molar-refractivity contribution is 6.04. The minimum atomic E-state index is -2.67. The maximum atomic E-state index is 13.6. The van der Waals surface area contributed by atoms with Crippen molar-refractivity contribution in [1.82, 2.24) is 15.1 Å². The van der Waals surface area contributed by atoms with E-state index in [0.717, 1.165) is 5.56 Å². The summed E-state index contributed by atoms with van der Waals surface area (Å²) in [7, 11) is 1.51. The van der Waals surface area contributed by atoms with Crippen molar-refractivity contribution in [2.75, 3.05) is 12.8 Å². The number of alkyl halides is 2. The number of Topliss-reactive ketones (excluding diaryl/α,β-unsaturated/α-hetero) is 1. The van der Waals surface area contributed by atoms with Crippen molar-refractivity contribution in [3.05, 3.63) is 65.2 Å². The van der Waals surface area contributed by atoms with Crippen LogP contribution < -0.4 is 15.8 Å². The number of amides is 1. The highest BCUT2D eigenvalue weighted by Gasteiger charge is 2.37. The van der Waals surface area contributed by atoms with Gasteiger partial charge in [0.25, 0.3) is 5.91 Å². The summed E-state index contributed by atoms with van der Waals surface area (Å²) in [6, 6.07) is 14.0. The molecule has 9 heteroatoms. The molecular formula is C26H28F2N4O3. The van der Waals surface area contributed by atoms with Crippen LogP contribution in [0.4, 0.5) is 14.6 Å². The fraction of sp³-hybridized carbons (Fsp3) is 0.346. The lowest BCUT2D eigenvalue weighted by Gasteiger charge is -2.28. The van der Waals surface area contributed by atoms with Crippen molar-refractivity contribution >= 4 is 17.5 Å². The average molecular weight is 483 g/mol. The molecule has 1 aliphatic rings. The Kier molecular flexibility index (Phi) is 6.86. The Morgan fingerprint density at radius 1 is 1.14 bits per heavy atom. The molecule has 4 rings (SSSR count). The molecule has 3 aromatic rings. The van der Waals surface area contributed by atoms with Crippen LogP contribution in [0.25, 0.3) is 11.3 Å². The maximum Gasteiger partial charge on any atom is 0.255 e. The van der Waals surface area contributed by atoms with Crippen molar-refractivity contribution < 1.29 is 23.1 Å². The van der Waals surface area contributed by atoms with E-state index in [1.165, 1.54) is 18.7 Å². The Morgan fingerprint density at radius 2 is 1.80 bits per heavy atom. The van der Waals surface area contributed by atoms with E-state index in [1.807, 2.05) is 12.1 Å². The number of ether oxygens (including phenoxy) is 1. The Bertz CT molecular complexity index is 1230. The number of aromatic nitrogens is 2. The molecule has 0 bridgehead atoms. The monoisotopic (exact) mass is 482 g/mol. The number of anilines is 1. The number of para-hydroxylation sites is 1. The zero-order valence-electron chi connectivity index (χ0n) is 19.7. The van der Waals surface area contributed by atoms with E-state index >= 15 is 0 Å². The molecule has 1 aliphatic carbocycles. The van der Waals surface area contributed by atoms with Crippen LogP contribution in [0, 0.1) is 0 Å². The van der Waals surface area contributed by atoms with E-state index in [0.29, 0.717) is 34.7 Å². The number of hydrogen-bond acceptors (Lipinski definition) is 5. The van der Waals surface area contributed by atoms with Crippen molar-refractivity contribution in [2.24, 2.45) is 0 Å². The SMILES string of the molecule is COc1ccccc1C(=O)NCc1ccc(-c2nn(C3CCC(F)(F)CC3)c(N)c2C(C)=O)cc1. The number of methoxy groups -OCH3 is 1. The van der Waals surface area contributed by atoms with Crippen molar-refractivity contribution in [1.29, 1.82) is 0 Å². The fourth-order valence-corrected chi connectivity index (χ4v) is 4.43. The molecule has 0 atom stereocenters. The molecule has 1 heterocycles. The van der Waals surface area contributed by atoms with Crippen LogP contribution in [0.3, 0.4) is 0 Å². The number of halogens is 2. The summed E-state index contributed by atoms with van der Waals surface area (Å²) in [5, 5.41) is 7.45. The third-order valence-electron chi connectivity index (χ3n) is 6.36. The molecule has 35 heavy (non-hydrogen) atoms. The molecule has 3 N–H and O–H groups in total. The van der Waals surface area contributed by atoms with Gasteiger partial charge in [0.15, 0.2) is 5.78 Å². The number of nitrogen functional groups attached to an aromatic ring is 1. The number of carbonyl (C=O) groups excluding carboxylic acids is 2. The first-order valence-electron chi connectivity index (χ1n) is 11.5. The Morgan fingerprint density at radius 3 is 2.43 bits per heavy atom.